The summed E-state index contributed by atoms with van der Waals surface area (Å²) in [6.07, 6.45) is 0.604. The first-order chi connectivity index (χ1) is 12.3. The number of nitrogens with zero attached hydrogens (tertiary/aromatic N) is 3. The highest BCUT2D eigenvalue weighted by Gasteiger charge is 2.31. The Kier molecular flexibility index (Phi) is 4.97. The molecular formula is C19H24N4O3. The number of hydrogen-bond acceptors (Lipinski definition) is 3. The largest absolute Gasteiger partial charge is 0.481 e. The monoisotopic (exact) mass is 356 g/mol. The number of urea groups is 1. The molecule has 1 fully saturated rings. The van der Waals surface area contributed by atoms with Gasteiger partial charge in [-0.1, -0.05) is 13.0 Å². The molecule has 2 N–H and O–H groups in total. The summed E-state index contributed by atoms with van der Waals surface area (Å²) in [5.41, 5.74) is 3.47. The second-order valence-corrected chi connectivity index (χ2v) is 7.10. The van der Waals surface area contributed by atoms with Crippen LogP contribution < -0.4 is 5.32 Å². The van der Waals surface area contributed by atoms with Gasteiger partial charge in [0.15, 0.2) is 0 Å². The van der Waals surface area contributed by atoms with Crippen LogP contribution in [-0.4, -0.2) is 44.9 Å². The van der Waals surface area contributed by atoms with E-state index < -0.39 is 11.9 Å². The van der Waals surface area contributed by atoms with E-state index in [1.807, 2.05) is 55.8 Å². The smallest absolute Gasteiger partial charge is 0.321 e. The molecule has 2 heterocycles. The first-order valence-electron chi connectivity index (χ1n) is 8.76. The highest BCUT2D eigenvalue weighted by molar-refractivity contribution is 5.90. The van der Waals surface area contributed by atoms with Crippen LogP contribution in [0.25, 0.3) is 5.69 Å². The van der Waals surface area contributed by atoms with Gasteiger partial charge in [0.2, 0.25) is 0 Å². The lowest BCUT2D eigenvalue weighted by molar-refractivity contribution is -0.143. The van der Waals surface area contributed by atoms with Gasteiger partial charge >= 0.3 is 12.0 Å². The number of amides is 2. The maximum Gasteiger partial charge on any atom is 0.321 e. The van der Waals surface area contributed by atoms with E-state index in [0.717, 1.165) is 17.1 Å². The summed E-state index contributed by atoms with van der Waals surface area (Å²) in [7, 11) is 0. The van der Waals surface area contributed by atoms with Gasteiger partial charge in [0, 0.05) is 24.5 Å². The van der Waals surface area contributed by atoms with Crippen LogP contribution in [0, 0.1) is 25.7 Å². The SMILES string of the molecule is Cc1cc(C)n(-c2cccc(NC(=O)N3CC(C)CC(C(=O)O)C3)c2)n1. The molecule has 0 aliphatic carbocycles. The van der Waals surface area contributed by atoms with E-state index in [0.29, 0.717) is 18.7 Å². The van der Waals surface area contributed by atoms with Gasteiger partial charge in [0.25, 0.3) is 0 Å². The summed E-state index contributed by atoms with van der Waals surface area (Å²) in [4.78, 5) is 25.5. The van der Waals surface area contributed by atoms with Gasteiger partial charge in [0.05, 0.1) is 17.3 Å². The molecule has 1 aliphatic heterocycles. The van der Waals surface area contributed by atoms with Gasteiger partial charge in [-0.25, -0.2) is 9.48 Å². The van der Waals surface area contributed by atoms with Crippen LogP contribution in [0.1, 0.15) is 24.7 Å². The van der Waals surface area contributed by atoms with E-state index in [2.05, 4.69) is 10.4 Å². The third-order valence-electron chi connectivity index (χ3n) is 4.65. The van der Waals surface area contributed by atoms with Gasteiger partial charge in [0.1, 0.15) is 0 Å². The van der Waals surface area contributed by atoms with E-state index in [1.165, 1.54) is 0 Å². The number of anilines is 1. The van der Waals surface area contributed by atoms with Crippen molar-refractivity contribution in [3.63, 3.8) is 0 Å². The van der Waals surface area contributed by atoms with Crippen LogP contribution >= 0.6 is 0 Å². The fraction of sp³-hybridized carbons (Fsp3) is 0.421. The molecule has 2 unspecified atom stereocenters. The molecule has 0 saturated carbocycles. The van der Waals surface area contributed by atoms with Crippen molar-refractivity contribution < 1.29 is 14.7 Å². The minimum atomic E-state index is -0.846. The number of carbonyl (C=O) groups is 2. The number of aryl methyl sites for hydroxylation is 2. The topological polar surface area (TPSA) is 87.5 Å². The highest BCUT2D eigenvalue weighted by atomic mass is 16.4. The second kappa shape index (κ2) is 7.19. The summed E-state index contributed by atoms with van der Waals surface area (Å²) >= 11 is 0. The second-order valence-electron chi connectivity index (χ2n) is 7.10. The number of likely N-dealkylation sites (tertiary alicyclic amines) is 1. The molecule has 7 nitrogen and oxygen atoms in total. The normalized spacial score (nSPS) is 20.0. The zero-order chi connectivity index (χ0) is 18.8. The molecule has 138 valence electrons. The first-order valence-corrected chi connectivity index (χ1v) is 8.76. The van der Waals surface area contributed by atoms with Crippen molar-refractivity contribution in [3.05, 3.63) is 41.7 Å². The van der Waals surface area contributed by atoms with Crippen LogP contribution in [0.3, 0.4) is 0 Å². The molecular weight excluding hydrogens is 332 g/mol. The average Bonchev–Trinajstić information content (AvgIpc) is 2.93. The van der Waals surface area contributed by atoms with Crippen LogP contribution in [-0.2, 0) is 4.79 Å². The number of benzene rings is 1. The molecule has 1 saturated heterocycles. The maximum atomic E-state index is 12.6. The molecule has 0 radical (unpaired) electrons. The number of rotatable bonds is 3. The molecule has 0 spiro atoms. The van der Waals surface area contributed by atoms with Crippen molar-refractivity contribution in [1.82, 2.24) is 14.7 Å². The predicted octanol–water partition coefficient (Wildman–Crippen LogP) is 3.06. The minimum Gasteiger partial charge on any atom is -0.481 e. The lowest BCUT2D eigenvalue weighted by Crippen LogP contribution is -2.47. The fourth-order valence-electron chi connectivity index (χ4n) is 3.50. The van der Waals surface area contributed by atoms with Crippen LogP contribution in [0.4, 0.5) is 10.5 Å². The Hall–Kier alpha value is -2.83. The lowest BCUT2D eigenvalue weighted by atomic mass is 9.91. The Bertz CT molecular complexity index is 830. The number of aliphatic carboxylic acids is 1. The Balaban J connectivity index is 1.74. The van der Waals surface area contributed by atoms with Gasteiger partial charge in [-0.2, -0.15) is 5.10 Å². The molecule has 7 heteroatoms. The molecule has 3 rings (SSSR count). The molecule has 2 atom stereocenters. The predicted molar refractivity (Wildman–Crippen MR) is 98.5 cm³/mol. The lowest BCUT2D eigenvalue weighted by Gasteiger charge is -2.34. The summed E-state index contributed by atoms with van der Waals surface area (Å²) in [5.74, 6) is -1.19. The maximum absolute atomic E-state index is 12.6. The average molecular weight is 356 g/mol. The quantitative estimate of drug-likeness (QED) is 0.885. The molecule has 1 aliphatic rings. The first kappa shape index (κ1) is 18.0. The Labute approximate surface area is 152 Å². The van der Waals surface area contributed by atoms with Gasteiger partial charge in [-0.05, 0) is 50.5 Å². The van der Waals surface area contributed by atoms with Crippen LogP contribution in [0.5, 0.6) is 0 Å². The van der Waals surface area contributed by atoms with Crippen molar-refractivity contribution in [2.75, 3.05) is 18.4 Å². The molecule has 2 amide bonds. The number of aromatic nitrogens is 2. The number of hydrogen-bond donors (Lipinski definition) is 2. The summed E-state index contributed by atoms with van der Waals surface area (Å²) in [5, 5.41) is 16.6. The number of nitrogens with one attached hydrogen (secondary N) is 1. The summed E-state index contributed by atoms with van der Waals surface area (Å²) < 4.78 is 1.83. The van der Waals surface area contributed by atoms with Gasteiger partial charge in [-0.3, -0.25) is 4.79 Å². The van der Waals surface area contributed by atoms with Crippen LogP contribution in [0.2, 0.25) is 0 Å². The summed E-state index contributed by atoms with van der Waals surface area (Å²) in [6, 6.07) is 9.19. The molecule has 2 aromatic rings. The number of piperidine rings is 1. The molecule has 1 aromatic heterocycles. The molecule has 26 heavy (non-hydrogen) atoms. The number of carboxylic acids is 1. The van der Waals surface area contributed by atoms with Gasteiger partial charge < -0.3 is 15.3 Å². The highest BCUT2D eigenvalue weighted by Crippen LogP contribution is 2.23. The zero-order valence-corrected chi connectivity index (χ0v) is 15.3. The molecule has 0 bridgehead atoms. The minimum absolute atomic E-state index is 0.164. The Morgan fingerprint density at radius 3 is 2.65 bits per heavy atom. The van der Waals surface area contributed by atoms with Crippen molar-refractivity contribution in [2.24, 2.45) is 11.8 Å². The number of carboxylic acid groups (broad SMARTS) is 1. The van der Waals surface area contributed by atoms with E-state index in [-0.39, 0.29) is 18.5 Å². The Morgan fingerprint density at radius 1 is 1.23 bits per heavy atom. The van der Waals surface area contributed by atoms with E-state index in [9.17, 15) is 14.7 Å². The molecule has 1 aromatic carbocycles. The standard InChI is InChI=1S/C19H24N4O3/c1-12-7-15(18(24)25)11-22(10-12)19(26)20-16-5-4-6-17(9-16)23-14(3)8-13(2)21-23/h4-6,8-9,12,15H,7,10-11H2,1-3H3,(H,20,26)(H,24,25). The van der Waals surface area contributed by atoms with E-state index in [4.69, 9.17) is 0 Å². The third-order valence-corrected chi connectivity index (χ3v) is 4.65. The van der Waals surface area contributed by atoms with Crippen molar-refractivity contribution in [3.8, 4) is 5.69 Å². The van der Waals surface area contributed by atoms with E-state index >= 15 is 0 Å². The van der Waals surface area contributed by atoms with Crippen molar-refractivity contribution in [2.45, 2.75) is 27.2 Å². The van der Waals surface area contributed by atoms with Gasteiger partial charge in [-0.15, -0.1) is 0 Å². The van der Waals surface area contributed by atoms with Crippen molar-refractivity contribution in [1.29, 1.82) is 0 Å². The van der Waals surface area contributed by atoms with Crippen LogP contribution in [0.15, 0.2) is 30.3 Å². The fourth-order valence-corrected chi connectivity index (χ4v) is 3.50. The van der Waals surface area contributed by atoms with E-state index in [1.54, 1.807) is 4.90 Å². The van der Waals surface area contributed by atoms with Crippen molar-refractivity contribution >= 4 is 17.7 Å². The Morgan fingerprint density at radius 2 is 2.00 bits per heavy atom. The zero-order valence-electron chi connectivity index (χ0n) is 15.3. The third kappa shape index (κ3) is 3.87. The number of carbonyl (C=O) groups excluding carboxylic acids is 1. The summed E-state index contributed by atoms with van der Waals surface area (Å²) in [6.45, 7) is 6.69.